The van der Waals surface area contributed by atoms with E-state index in [4.69, 9.17) is 10.5 Å². The van der Waals surface area contributed by atoms with Crippen LogP contribution < -0.4 is 5.73 Å². The Morgan fingerprint density at radius 1 is 1.21 bits per heavy atom. The minimum absolute atomic E-state index is 0.110. The molecule has 3 aromatic heterocycles. The second kappa shape index (κ2) is 10.5. The normalized spacial score (nSPS) is 15.7. The molecule has 1 unspecified atom stereocenters. The number of aryl methyl sites for hydroxylation is 2. The number of hydrogen-bond donors (Lipinski definition) is 2. The van der Waals surface area contributed by atoms with Crippen LogP contribution in [-0.2, 0) is 24.1 Å². The van der Waals surface area contributed by atoms with Crippen LogP contribution in [0, 0.1) is 12.7 Å². The molecule has 0 spiro atoms. The summed E-state index contributed by atoms with van der Waals surface area (Å²) in [7, 11) is 0. The zero-order valence-electron chi connectivity index (χ0n) is 21.7. The van der Waals surface area contributed by atoms with Crippen molar-refractivity contribution in [1.82, 2.24) is 19.5 Å². The summed E-state index contributed by atoms with van der Waals surface area (Å²) in [6, 6.07) is 16.8. The Morgan fingerprint density at radius 2 is 2.08 bits per heavy atom. The highest BCUT2D eigenvalue weighted by Gasteiger charge is 2.28. The Balaban J connectivity index is 1.16. The number of rotatable bonds is 7. The summed E-state index contributed by atoms with van der Waals surface area (Å²) in [5.41, 5.74) is 12.3. The third-order valence-corrected chi connectivity index (χ3v) is 7.56. The summed E-state index contributed by atoms with van der Waals surface area (Å²) in [5, 5.41) is 1.13. The third kappa shape index (κ3) is 4.95. The van der Waals surface area contributed by atoms with E-state index >= 15 is 0 Å². The number of nitrogens with one attached hydrogen (secondary N) is 1. The van der Waals surface area contributed by atoms with Gasteiger partial charge in [-0.1, -0.05) is 24.3 Å². The Bertz CT molecular complexity index is 1660. The first kappa shape index (κ1) is 25.0. The number of para-hydroxylation sites is 1. The van der Waals surface area contributed by atoms with Gasteiger partial charge in [0, 0.05) is 53.8 Å². The molecule has 7 nitrogen and oxygen atoms in total. The van der Waals surface area contributed by atoms with Gasteiger partial charge in [-0.05, 0) is 66.8 Å². The smallest absolute Gasteiger partial charge is 0.356 e. The van der Waals surface area contributed by atoms with Gasteiger partial charge < -0.3 is 20.0 Å². The summed E-state index contributed by atoms with van der Waals surface area (Å²) >= 11 is 0. The van der Waals surface area contributed by atoms with E-state index in [2.05, 4.69) is 27.1 Å². The number of halogens is 1. The van der Waals surface area contributed by atoms with Crippen LogP contribution in [0.1, 0.15) is 45.3 Å². The molecule has 8 heteroatoms. The molecule has 3 N–H and O–H groups in total. The zero-order valence-corrected chi connectivity index (χ0v) is 21.7. The van der Waals surface area contributed by atoms with E-state index in [-0.39, 0.29) is 24.4 Å². The maximum Gasteiger partial charge on any atom is 0.356 e. The first-order valence-electron chi connectivity index (χ1n) is 13.2. The molecule has 0 saturated heterocycles. The fraction of sp³-hybridized carbons (Fsp3) is 0.258. The summed E-state index contributed by atoms with van der Waals surface area (Å²) in [6.07, 6.45) is 7.51. The highest BCUT2D eigenvalue weighted by Crippen LogP contribution is 2.35. The van der Waals surface area contributed by atoms with Gasteiger partial charge in [0.05, 0.1) is 11.9 Å². The summed E-state index contributed by atoms with van der Waals surface area (Å²) in [5.74, 6) is 0.325. The number of esters is 1. The molecular weight excluding hydrogens is 493 g/mol. The number of benzene rings is 2. The van der Waals surface area contributed by atoms with E-state index in [0.29, 0.717) is 24.2 Å². The van der Waals surface area contributed by atoms with Crippen molar-refractivity contribution in [3.05, 3.63) is 107 Å². The van der Waals surface area contributed by atoms with Crippen LogP contribution >= 0.6 is 0 Å². The average Bonchev–Trinajstić information content (AvgIpc) is 3.57. The number of nitrogens with zero attached hydrogens (tertiary/aromatic N) is 3. The number of H-pyrrole nitrogens is 1. The lowest BCUT2D eigenvalue weighted by Gasteiger charge is -2.26. The number of nitrogens with two attached hydrogens (primary N) is 1. The average molecular weight is 524 g/mol. The van der Waals surface area contributed by atoms with E-state index in [1.807, 2.05) is 41.1 Å². The SMILES string of the molecule is Cc1cc(-c2ncccc2C2CCc3ncc(C(=O)OC[C@H](N)Cc4c[nH]c5ccccc45)n3C2)ccc1F. The van der Waals surface area contributed by atoms with E-state index in [0.717, 1.165) is 52.0 Å². The molecule has 39 heavy (non-hydrogen) atoms. The fourth-order valence-corrected chi connectivity index (χ4v) is 5.53. The predicted molar refractivity (Wildman–Crippen MR) is 148 cm³/mol. The standard InChI is InChI=1S/C31H30FN5O2/c1-19-13-20(8-10-26(19)32)30-25(6-4-12-34-30)21-9-11-29-36-16-28(37(29)17-21)31(38)39-18-23(33)14-22-15-35-27-7-3-2-5-24(22)27/h2-8,10,12-13,15-16,21,23,35H,9,11,14,17-18,33H2,1H3/t21?,23-/m1/s1. The molecule has 0 radical (unpaired) electrons. The minimum Gasteiger partial charge on any atom is -0.459 e. The number of hydrogen-bond acceptors (Lipinski definition) is 5. The van der Waals surface area contributed by atoms with Gasteiger partial charge in [-0.25, -0.2) is 14.2 Å². The molecule has 1 aliphatic heterocycles. The number of aromatic amines is 1. The molecule has 198 valence electrons. The maximum atomic E-state index is 13.9. The van der Waals surface area contributed by atoms with Crippen LogP contribution in [-0.4, -0.2) is 38.1 Å². The van der Waals surface area contributed by atoms with Crippen molar-refractivity contribution in [2.75, 3.05) is 6.61 Å². The van der Waals surface area contributed by atoms with Crippen LogP contribution in [0.2, 0.25) is 0 Å². The number of carbonyl (C=O) groups excluding carboxylic acids is 1. The predicted octanol–water partition coefficient (Wildman–Crippen LogP) is 5.33. The van der Waals surface area contributed by atoms with Gasteiger partial charge in [-0.2, -0.15) is 0 Å². The topological polar surface area (TPSA) is 98.8 Å². The molecule has 6 rings (SSSR count). The van der Waals surface area contributed by atoms with Crippen molar-refractivity contribution in [2.45, 2.75) is 44.7 Å². The Morgan fingerprint density at radius 3 is 2.95 bits per heavy atom. The number of carbonyl (C=O) groups is 1. The molecule has 0 aliphatic carbocycles. The van der Waals surface area contributed by atoms with Crippen molar-refractivity contribution < 1.29 is 13.9 Å². The van der Waals surface area contributed by atoms with Crippen molar-refractivity contribution in [1.29, 1.82) is 0 Å². The van der Waals surface area contributed by atoms with E-state index < -0.39 is 5.97 Å². The highest BCUT2D eigenvalue weighted by atomic mass is 19.1. The monoisotopic (exact) mass is 523 g/mol. The fourth-order valence-electron chi connectivity index (χ4n) is 5.53. The van der Waals surface area contributed by atoms with Crippen LogP contribution in [0.3, 0.4) is 0 Å². The Labute approximate surface area is 225 Å². The Kier molecular flexibility index (Phi) is 6.70. The van der Waals surface area contributed by atoms with Crippen LogP contribution in [0.5, 0.6) is 0 Å². The van der Waals surface area contributed by atoms with Crippen LogP contribution in [0.15, 0.2) is 73.2 Å². The number of imidazole rings is 1. The maximum absolute atomic E-state index is 13.9. The quantitative estimate of drug-likeness (QED) is 0.281. The molecule has 1 aliphatic rings. The van der Waals surface area contributed by atoms with Crippen molar-refractivity contribution in [2.24, 2.45) is 5.73 Å². The van der Waals surface area contributed by atoms with Gasteiger partial charge in [0.25, 0.3) is 0 Å². The van der Waals surface area contributed by atoms with Crippen LogP contribution in [0.4, 0.5) is 4.39 Å². The lowest BCUT2D eigenvalue weighted by Crippen LogP contribution is -2.31. The molecule has 5 aromatic rings. The largest absolute Gasteiger partial charge is 0.459 e. The zero-order chi connectivity index (χ0) is 26.9. The number of aromatic nitrogens is 4. The molecule has 0 bridgehead atoms. The molecule has 0 saturated carbocycles. The van der Waals surface area contributed by atoms with Gasteiger partial charge in [0.2, 0.25) is 0 Å². The van der Waals surface area contributed by atoms with Crippen molar-refractivity contribution >= 4 is 16.9 Å². The van der Waals surface area contributed by atoms with Gasteiger partial charge in [0.1, 0.15) is 23.9 Å². The van der Waals surface area contributed by atoms with Gasteiger partial charge in [-0.15, -0.1) is 0 Å². The molecule has 0 amide bonds. The lowest BCUT2D eigenvalue weighted by molar-refractivity contribution is 0.0467. The molecule has 2 atom stereocenters. The van der Waals surface area contributed by atoms with E-state index in [1.165, 1.54) is 6.07 Å². The first-order valence-corrected chi connectivity index (χ1v) is 13.2. The number of pyridine rings is 1. The number of fused-ring (bicyclic) bond motifs is 2. The minimum atomic E-state index is -0.427. The van der Waals surface area contributed by atoms with Gasteiger partial charge in [0.15, 0.2) is 0 Å². The van der Waals surface area contributed by atoms with Gasteiger partial charge >= 0.3 is 5.97 Å². The van der Waals surface area contributed by atoms with Gasteiger partial charge in [-0.3, -0.25) is 4.98 Å². The molecule has 0 fully saturated rings. The molecule has 4 heterocycles. The second-order valence-corrected chi connectivity index (χ2v) is 10.2. The molecular formula is C31H30FN5O2. The summed E-state index contributed by atoms with van der Waals surface area (Å²) in [6.45, 7) is 2.45. The second-order valence-electron chi connectivity index (χ2n) is 10.2. The first-order chi connectivity index (χ1) is 19.0. The molecule has 2 aromatic carbocycles. The third-order valence-electron chi connectivity index (χ3n) is 7.56. The number of ether oxygens (including phenoxy) is 1. The summed E-state index contributed by atoms with van der Waals surface area (Å²) in [4.78, 5) is 25.5. The highest BCUT2D eigenvalue weighted by molar-refractivity contribution is 5.87. The van der Waals surface area contributed by atoms with E-state index in [1.54, 1.807) is 25.4 Å². The van der Waals surface area contributed by atoms with Crippen molar-refractivity contribution in [3.63, 3.8) is 0 Å². The van der Waals surface area contributed by atoms with Crippen LogP contribution in [0.25, 0.3) is 22.2 Å². The lowest BCUT2D eigenvalue weighted by atomic mass is 9.88. The Hall–Kier alpha value is -4.30. The summed E-state index contributed by atoms with van der Waals surface area (Å²) < 4.78 is 21.5. The van der Waals surface area contributed by atoms with Crippen molar-refractivity contribution in [3.8, 4) is 11.3 Å². The van der Waals surface area contributed by atoms with E-state index in [9.17, 15) is 9.18 Å².